The summed E-state index contributed by atoms with van der Waals surface area (Å²) in [4.78, 5) is 6.23. The molecule has 0 amide bonds. The van der Waals surface area contributed by atoms with Crippen LogP contribution in [0.5, 0.6) is 0 Å². The number of aliphatic hydroxyl groups excluding tert-OH is 1. The van der Waals surface area contributed by atoms with E-state index in [1.165, 1.54) is 29.8 Å². The van der Waals surface area contributed by atoms with Gasteiger partial charge in [0.15, 0.2) is 0 Å². The Hall–Kier alpha value is -1.10. The van der Waals surface area contributed by atoms with Crippen LogP contribution in [0, 0.1) is 0 Å². The molecule has 1 aliphatic carbocycles. The molecule has 1 heterocycles. The first-order valence-corrected chi connectivity index (χ1v) is 8.51. The Bertz CT molecular complexity index is 618. The van der Waals surface area contributed by atoms with Gasteiger partial charge in [-0.25, -0.2) is 4.98 Å². The number of nitrogens with zero attached hydrogens (tertiary/aromatic N) is 1. The molecule has 1 aromatic heterocycles. The van der Waals surface area contributed by atoms with E-state index in [0.717, 1.165) is 22.7 Å². The summed E-state index contributed by atoms with van der Waals surface area (Å²) in [5.74, 6) is 0. The molecule has 1 unspecified atom stereocenters. The van der Waals surface area contributed by atoms with Gasteiger partial charge in [-0.2, -0.15) is 0 Å². The fourth-order valence-corrected chi connectivity index (χ4v) is 3.96. The van der Waals surface area contributed by atoms with E-state index < -0.39 is 0 Å². The molecule has 1 atom stereocenters. The second-order valence-corrected chi connectivity index (χ2v) is 6.99. The van der Waals surface area contributed by atoms with Gasteiger partial charge in [-0.15, -0.1) is 11.3 Å². The highest BCUT2D eigenvalue weighted by molar-refractivity contribution is 7.11. The molecule has 21 heavy (non-hydrogen) atoms. The van der Waals surface area contributed by atoms with Crippen LogP contribution < -0.4 is 5.32 Å². The smallest absolute Gasteiger partial charge is 0.115 e. The van der Waals surface area contributed by atoms with Gasteiger partial charge in [0, 0.05) is 4.88 Å². The van der Waals surface area contributed by atoms with E-state index in [1.54, 1.807) is 0 Å². The Balaban J connectivity index is 1.79. The van der Waals surface area contributed by atoms with Crippen LogP contribution in [-0.4, -0.2) is 10.1 Å². The van der Waals surface area contributed by atoms with Crippen LogP contribution in [0.1, 0.15) is 46.9 Å². The maximum Gasteiger partial charge on any atom is 0.115 e. The van der Waals surface area contributed by atoms with E-state index in [1.807, 2.05) is 29.5 Å². The van der Waals surface area contributed by atoms with Crippen LogP contribution in [0.3, 0.4) is 0 Å². The second-order valence-electron chi connectivity index (χ2n) is 5.47. The van der Waals surface area contributed by atoms with Crippen LogP contribution in [0.4, 0.5) is 5.69 Å². The molecule has 0 saturated heterocycles. The molecule has 0 spiro atoms. The zero-order chi connectivity index (χ0) is 14.8. The predicted molar refractivity (Wildman–Crippen MR) is 88.2 cm³/mol. The lowest BCUT2D eigenvalue weighted by Crippen LogP contribution is -2.07. The van der Waals surface area contributed by atoms with Crippen molar-refractivity contribution in [1.82, 2.24) is 4.98 Å². The number of nitrogens with one attached hydrogen (secondary N) is 1. The highest BCUT2D eigenvalue weighted by atomic mass is 35.5. The van der Waals surface area contributed by atoms with Crippen LogP contribution in [-0.2, 0) is 19.4 Å². The zero-order valence-electron chi connectivity index (χ0n) is 12.0. The normalized spacial score (nSPS) is 15.6. The first-order chi connectivity index (χ1) is 10.2. The molecule has 3 nitrogen and oxygen atoms in total. The lowest BCUT2D eigenvalue weighted by atomic mass is 10.0. The van der Waals surface area contributed by atoms with E-state index in [0.29, 0.717) is 5.02 Å². The maximum absolute atomic E-state index is 9.23. The fourth-order valence-electron chi connectivity index (χ4n) is 2.63. The van der Waals surface area contributed by atoms with Gasteiger partial charge in [0.2, 0.25) is 0 Å². The molecule has 5 heteroatoms. The van der Waals surface area contributed by atoms with Crippen molar-refractivity contribution in [2.24, 2.45) is 0 Å². The van der Waals surface area contributed by atoms with Crippen molar-refractivity contribution in [2.45, 2.75) is 45.3 Å². The Morgan fingerprint density at radius 1 is 1.38 bits per heavy atom. The van der Waals surface area contributed by atoms with E-state index in [9.17, 15) is 5.11 Å². The van der Waals surface area contributed by atoms with Crippen molar-refractivity contribution in [1.29, 1.82) is 0 Å². The van der Waals surface area contributed by atoms with Crippen LogP contribution >= 0.6 is 22.9 Å². The quantitative estimate of drug-likeness (QED) is 0.880. The van der Waals surface area contributed by atoms with Crippen molar-refractivity contribution < 1.29 is 5.11 Å². The molecule has 2 N–H and O–H groups in total. The van der Waals surface area contributed by atoms with E-state index in [4.69, 9.17) is 16.6 Å². The first-order valence-electron chi connectivity index (χ1n) is 7.31. The summed E-state index contributed by atoms with van der Waals surface area (Å²) in [5, 5.41) is 14.4. The predicted octanol–water partition coefficient (Wildman–Crippen LogP) is 4.34. The Labute approximate surface area is 134 Å². The van der Waals surface area contributed by atoms with Crippen molar-refractivity contribution >= 4 is 28.6 Å². The number of rotatable bonds is 4. The number of aryl methyl sites for hydroxylation is 2. The van der Waals surface area contributed by atoms with Gasteiger partial charge in [-0.3, -0.25) is 0 Å². The fraction of sp³-hybridized carbons (Fsp3) is 0.438. The largest absolute Gasteiger partial charge is 0.392 e. The molecule has 112 valence electrons. The molecule has 1 aliphatic rings. The molecular weight excluding hydrogens is 304 g/mol. The van der Waals surface area contributed by atoms with Gasteiger partial charge in [-0.1, -0.05) is 17.7 Å². The van der Waals surface area contributed by atoms with Gasteiger partial charge in [-0.05, 0) is 50.3 Å². The standard InChI is InChI=1S/C16H19ClN2OS/c1-10(16-19-13-4-2-3-5-15(13)21-16)18-14-8-11(9-20)6-7-12(14)17/h6-8,10,18,20H,2-5,9H2,1H3. The Morgan fingerprint density at radius 3 is 2.95 bits per heavy atom. The average Bonchev–Trinajstić information content (AvgIpc) is 2.93. The number of halogens is 1. The van der Waals surface area contributed by atoms with Crippen molar-refractivity contribution in [3.63, 3.8) is 0 Å². The van der Waals surface area contributed by atoms with Crippen LogP contribution in [0.25, 0.3) is 0 Å². The SMILES string of the molecule is CC(Nc1cc(CO)ccc1Cl)c1nc2c(s1)CCCC2. The average molecular weight is 323 g/mol. The summed E-state index contributed by atoms with van der Waals surface area (Å²) >= 11 is 8.04. The van der Waals surface area contributed by atoms with Crippen LogP contribution in [0.15, 0.2) is 18.2 Å². The molecular formula is C16H19ClN2OS. The molecule has 0 fully saturated rings. The zero-order valence-corrected chi connectivity index (χ0v) is 13.6. The number of hydrogen-bond donors (Lipinski definition) is 2. The van der Waals surface area contributed by atoms with Gasteiger partial charge in [0.1, 0.15) is 5.01 Å². The Morgan fingerprint density at radius 2 is 2.19 bits per heavy atom. The van der Waals surface area contributed by atoms with Crippen molar-refractivity contribution in [3.05, 3.63) is 44.4 Å². The summed E-state index contributed by atoms with van der Waals surface area (Å²) in [5.41, 5.74) is 2.99. The first kappa shape index (κ1) is 14.8. The van der Waals surface area contributed by atoms with Gasteiger partial charge >= 0.3 is 0 Å². The highest BCUT2D eigenvalue weighted by Gasteiger charge is 2.18. The minimum Gasteiger partial charge on any atom is -0.392 e. The second kappa shape index (κ2) is 6.34. The van der Waals surface area contributed by atoms with E-state index in [-0.39, 0.29) is 12.6 Å². The van der Waals surface area contributed by atoms with Gasteiger partial charge in [0.05, 0.1) is 29.1 Å². The van der Waals surface area contributed by atoms with E-state index in [2.05, 4.69) is 12.2 Å². The number of hydrogen-bond acceptors (Lipinski definition) is 4. The van der Waals surface area contributed by atoms with Crippen molar-refractivity contribution in [3.8, 4) is 0 Å². The number of thiazole rings is 1. The lowest BCUT2D eigenvalue weighted by Gasteiger charge is -2.15. The maximum atomic E-state index is 9.23. The minimum absolute atomic E-state index is 0.0196. The molecule has 2 aromatic rings. The highest BCUT2D eigenvalue weighted by Crippen LogP contribution is 2.32. The molecule has 1 aromatic carbocycles. The number of anilines is 1. The number of benzene rings is 1. The Kier molecular flexibility index (Phi) is 4.48. The van der Waals surface area contributed by atoms with Gasteiger partial charge < -0.3 is 10.4 Å². The monoisotopic (exact) mass is 322 g/mol. The third-order valence-corrected chi connectivity index (χ3v) is 5.49. The van der Waals surface area contributed by atoms with E-state index >= 15 is 0 Å². The molecule has 0 bridgehead atoms. The summed E-state index contributed by atoms with van der Waals surface area (Å²) in [6.07, 6.45) is 4.81. The third-order valence-electron chi connectivity index (χ3n) is 3.82. The van der Waals surface area contributed by atoms with Crippen LogP contribution in [0.2, 0.25) is 5.02 Å². The summed E-state index contributed by atoms with van der Waals surface area (Å²) < 4.78 is 0. The number of aliphatic hydroxyl groups is 1. The number of aromatic nitrogens is 1. The minimum atomic E-state index is 0.0196. The topological polar surface area (TPSA) is 45.1 Å². The summed E-state index contributed by atoms with van der Waals surface area (Å²) in [7, 11) is 0. The lowest BCUT2D eigenvalue weighted by molar-refractivity contribution is 0.282. The summed E-state index contributed by atoms with van der Waals surface area (Å²) in [6.45, 7) is 2.12. The molecule has 0 aliphatic heterocycles. The molecule has 0 saturated carbocycles. The van der Waals surface area contributed by atoms with Crippen molar-refractivity contribution in [2.75, 3.05) is 5.32 Å². The van der Waals surface area contributed by atoms with Gasteiger partial charge in [0.25, 0.3) is 0 Å². The molecule has 0 radical (unpaired) electrons. The third kappa shape index (κ3) is 3.23. The number of fused-ring (bicyclic) bond motifs is 1. The molecule has 3 rings (SSSR count). The summed E-state index contributed by atoms with van der Waals surface area (Å²) in [6, 6.07) is 5.66.